The zero-order valence-electron chi connectivity index (χ0n) is 11.4. The number of imidazole rings is 1. The Morgan fingerprint density at radius 3 is 2.62 bits per heavy atom. The normalized spacial score (nSPS) is 11.0. The molecular formula is C16H13ClN2O2. The first-order valence-electron chi connectivity index (χ1n) is 6.49. The maximum absolute atomic E-state index is 11.0. The van der Waals surface area contributed by atoms with Gasteiger partial charge in [0.2, 0.25) is 0 Å². The van der Waals surface area contributed by atoms with Crippen molar-refractivity contribution in [2.24, 2.45) is 0 Å². The second kappa shape index (κ2) is 5.22. The maximum Gasteiger partial charge on any atom is 0.335 e. The molecule has 0 aliphatic heterocycles. The highest BCUT2D eigenvalue weighted by molar-refractivity contribution is 6.30. The molecule has 0 saturated heterocycles. The van der Waals surface area contributed by atoms with Crippen LogP contribution in [0.15, 0.2) is 42.5 Å². The van der Waals surface area contributed by atoms with Crippen LogP contribution in [0.2, 0.25) is 5.02 Å². The second-order valence-corrected chi connectivity index (χ2v) is 5.32. The smallest absolute Gasteiger partial charge is 0.335 e. The van der Waals surface area contributed by atoms with Crippen LogP contribution in [0.5, 0.6) is 0 Å². The molecule has 1 N–H and O–H groups in total. The largest absolute Gasteiger partial charge is 0.478 e. The van der Waals surface area contributed by atoms with E-state index >= 15 is 0 Å². The van der Waals surface area contributed by atoms with E-state index in [2.05, 4.69) is 9.55 Å². The molecular weight excluding hydrogens is 288 g/mol. The highest BCUT2D eigenvalue weighted by atomic mass is 35.5. The molecule has 0 aliphatic carbocycles. The van der Waals surface area contributed by atoms with E-state index in [-0.39, 0.29) is 5.56 Å². The van der Waals surface area contributed by atoms with Gasteiger partial charge in [0.05, 0.1) is 16.6 Å². The van der Waals surface area contributed by atoms with Crippen molar-refractivity contribution in [3.05, 3.63) is 64.4 Å². The number of carboxylic acids is 1. The highest BCUT2D eigenvalue weighted by Crippen LogP contribution is 2.20. The van der Waals surface area contributed by atoms with Crippen LogP contribution in [0, 0.1) is 6.92 Å². The number of aromatic nitrogens is 2. The van der Waals surface area contributed by atoms with Gasteiger partial charge in [-0.3, -0.25) is 0 Å². The van der Waals surface area contributed by atoms with E-state index in [9.17, 15) is 4.79 Å². The van der Waals surface area contributed by atoms with Gasteiger partial charge in [-0.25, -0.2) is 9.78 Å². The monoisotopic (exact) mass is 300 g/mol. The number of hydrogen-bond acceptors (Lipinski definition) is 2. The summed E-state index contributed by atoms with van der Waals surface area (Å²) in [7, 11) is 0. The topological polar surface area (TPSA) is 55.1 Å². The van der Waals surface area contributed by atoms with Gasteiger partial charge in [-0.2, -0.15) is 0 Å². The van der Waals surface area contributed by atoms with E-state index in [1.54, 1.807) is 18.2 Å². The van der Waals surface area contributed by atoms with E-state index in [0.717, 1.165) is 16.9 Å². The molecule has 106 valence electrons. The van der Waals surface area contributed by atoms with Crippen LogP contribution >= 0.6 is 11.6 Å². The van der Waals surface area contributed by atoms with Crippen LogP contribution in [0.3, 0.4) is 0 Å². The summed E-state index contributed by atoms with van der Waals surface area (Å²) in [5.74, 6) is -0.0932. The number of aryl methyl sites for hydroxylation is 1. The van der Waals surface area contributed by atoms with E-state index in [1.807, 2.05) is 31.2 Å². The minimum absolute atomic E-state index is 0.249. The van der Waals surface area contributed by atoms with Gasteiger partial charge in [0.25, 0.3) is 0 Å². The lowest BCUT2D eigenvalue weighted by Crippen LogP contribution is -2.02. The molecule has 1 heterocycles. The molecule has 3 aromatic rings. The highest BCUT2D eigenvalue weighted by Gasteiger charge is 2.11. The molecule has 3 rings (SSSR count). The lowest BCUT2D eigenvalue weighted by Gasteiger charge is -2.07. The molecule has 1 aromatic heterocycles. The molecule has 0 fully saturated rings. The summed E-state index contributed by atoms with van der Waals surface area (Å²) in [4.78, 5) is 15.5. The van der Waals surface area contributed by atoms with E-state index in [0.29, 0.717) is 17.1 Å². The second-order valence-electron chi connectivity index (χ2n) is 4.88. The average molecular weight is 301 g/mol. The van der Waals surface area contributed by atoms with Gasteiger partial charge in [0, 0.05) is 11.6 Å². The number of carboxylic acid groups (broad SMARTS) is 1. The first-order chi connectivity index (χ1) is 10.0. The number of aromatic carboxylic acids is 1. The number of nitrogens with zero attached hydrogens (tertiary/aromatic N) is 2. The van der Waals surface area contributed by atoms with Crippen molar-refractivity contribution in [1.29, 1.82) is 0 Å². The first-order valence-corrected chi connectivity index (χ1v) is 6.87. The minimum atomic E-state index is -0.943. The maximum atomic E-state index is 11.0. The quantitative estimate of drug-likeness (QED) is 0.801. The van der Waals surface area contributed by atoms with Crippen LogP contribution in [-0.2, 0) is 6.54 Å². The zero-order valence-corrected chi connectivity index (χ0v) is 12.1. The van der Waals surface area contributed by atoms with E-state index in [4.69, 9.17) is 16.7 Å². The zero-order chi connectivity index (χ0) is 15.0. The van der Waals surface area contributed by atoms with Gasteiger partial charge in [-0.1, -0.05) is 23.7 Å². The van der Waals surface area contributed by atoms with Crippen molar-refractivity contribution >= 4 is 28.6 Å². The molecule has 0 saturated carbocycles. The number of benzene rings is 2. The Labute approximate surface area is 126 Å². The minimum Gasteiger partial charge on any atom is -0.478 e. The van der Waals surface area contributed by atoms with Gasteiger partial charge < -0.3 is 9.67 Å². The van der Waals surface area contributed by atoms with Gasteiger partial charge in [-0.15, -0.1) is 0 Å². The summed E-state index contributed by atoms with van der Waals surface area (Å²) in [6, 6.07) is 12.7. The van der Waals surface area contributed by atoms with Crippen LogP contribution in [0.1, 0.15) is 21.7 Å². The van der Waals surface area contributed by atoms with Crippen molar-refractivity contribution in [3.63, 3.8) is 0 Å². The van der Waals surface area contributed by atoms with Crippen molar-refractivity contribution in [1.82, 2.24) is 9.55 Å². The molecule has 0 atom stereocenters. The molecule has 0 spiro atoms. The summed E-state index contributed by atoms with van der Waals surface area (Å²) in [5.41, 5.74) is 2.98. The molecule has 21 heavy (non-hydrogen) atoms. The van der Waals surface area contributed by atoms with Crippen LogP contribution < -0.4 is 0 Å². The van der Waals surface area contributed by atoms with Crippen LogP contribution in [0.4, 0.5) is 0 Å². The Bertz CT molecular complexity index is 822. The standard InChI is InChI=1S/C16H13ClN2O2/c1-10-18-14-8-12(16(20)21)4-7-15(14)19(10)9-11-2-5-13(17)6-3-11/h2-8H,9H2,1H3,(H,20,21). The first kappa shape index (κ1) is 13.6. The SMILES string of the molecule is Cc1nc2cc(C(=O)O)ccc2n1Cc1ccc(Cl)cc1. The fourth-order valence-corrected chi connectivity index (χ4v) is 2.48. The molecule has 0 radical (unpaired) electrons. The molecule has 0 aliphatic rings. The number of halogens is 1. The summed E-state index contributed by atoms with van der Waals surface area (Å²) < 4.78 is 2.06. The van der Waals surface area contributed by atoms with Crippen molar-refractivity contribution in [3.8, 4) is 0 Å². The van der Waals surface area contributed by atoms with Crippen LogP contribution in [0.25, 0.3) is 11.0 Å². The number of carbonyl (C=O) groups is 1. The van der Waals surface area contributed by atoms with Gasteiger partial charge >= 0.3 is 5.97 Å². The molecule has 0 bridgehead atoms. The average Bonchev–Trinajstić information content (AvgIpc) is 2.76. The van der Waals surface area contributed by atoms with Crippen molar-refractivity contribution in [2.45, 2.75) is 13.5 Å². The Balaban J connectivity index is 2.04. The molecule has 2 aromatic carbocycles. The van der Waals surface area contributed by atoms with Gasteiger partial charge in [-0.05, 0) is 42.8 Å². The summed E-state index contributed by atoms with van der Waals surface area (Å²) in [5, 5.41) is 9.74. The van der Waals surface area contributed by atoms with E-state index in [1.165, 1.54) is 0 Å². The Morgan fingerprint density at radius 2 is 1.95 bits per heavy atom. The fourth-order valence-electron chi connectivity index (χ4n) is 2.36. The lowest BCUT2D eigenvalue weighted by molar-refractivity contribution is 0.0697. The molecule has 0 amide bonds. The number of rotatable bonds is 3. The lowest BCUT2D eigenvalue weighted by atomic mass is 10.2. The van der Waals surface area contributed by atoms with Crippen molar-refractivity contribution in [2.75, 3.05) is 0 Å². The van der Waals surface area contributed by atoms with Gasteiger partial charge in [0.1, 0.15) is 5.82 Å². The van der Waals surface area contributed by atoms with E-state index < -0.39 is 5.97 Å². The predicted molar refractivity (Wildman–Crippen MR) is 82.0 cm³/mol. The fraction of sp³-hybridized carbons (Fsp3) is 0.125. The third kappa shape index (κ3) is 2.62. The van der Waals surface area contributed by atoms with Crippen LogP contribution in [-0.4, -0.2) is 20.6 Å². The Morgan fingerprint density at radius 1 is 1.24 bits per heavy atom. The van der Waals surface area contributed by atoms with Gasteiger partial charge in [0.15, 0.2) is 0 Å². The molecule has 4 nitrogen and oxygen atoms in total. The third-order valence-electron chi connectivity index (χ3n) is 3.44. The third-order valence-corrected chi connectivity index (χ3v) is 3.69. The molecule has 0 unspecified atom stereocenters. The van der Waals surface area contributed by atoms with Crippen molar-refractivity contribution < 1.29 is 9.90 Å². The Hall–Kier alpha value is -2.33. The summed E-state index contributed by atoms with van der Waals surface area (Å²) in [6.45, 7) is 2.59. The summed E-state index contributed by atoms with van der Waals surface area (Å²) >= 11 is 5.89. The summed E-state index contributed by atoms with van der Waals surface area (Å²) in [6.07, 6.45) is 0. The number of hydrogen-bond donors (Lipinski definition) is 1. The number of fused-ring (bicyclic) bond motifs is 1. The Kier molecular flexibility index (Phi) is 3.39. The predicted octanol–water partition coefficient (Wildman–Crippen LogP) is 3.74. The molecule has 5 heteroatoms.